The van der Waals surface area contributed by atoms with Crippen LogP contribution >= 0.6 is 15.9 Å². The van der Waals surface area contributed by atoms with Crippen LogP contribution in [0.25, 0.3) is 0 Å². The molecule has 0 saturated carbocycles. The summed E-state index contributed by atoms with van der Waals surface area (Å²) >= 11 is 3.35. The highest BCUT2D eigenvalue weighted by atomic mass is 79.9. The molecule has 0 spiro atoms. The average molecular weight is 201 g/mol. The summed E-state index contributed by atoms with van der Waals surface area (Å²) in [5, 5.41) is 9.50. The van der Waals surface area contributed by atoms with Gasteiger partial charge in [0.1, 0.15) is 0 Å². The van der Waals surface area contributed by atoms with Crippen molar-refractivity contribution in [3.63, 3.8) is 0 Å². The van der Waals surface area contributed by atoms with Crippen molar-refractivity contribution in [2.24, 2.45) is 11.8 Å². The minimum Gasteiger partial charge on any atom is -0.387 e. The topological polar surface area (TPSA) is 20.2 Å². The van der Waals surface area contributed by atoms with Gasteiger partial charge in [-0.05, 0) is 12.3 Å². The van der Waals surface area contributed by atoms with E-state index in [1.54, 1.807) is 0 Å². The molecule has 2 bridgehead atoms. The number of fused-ring (bicyclic) bond motifs is 2. The third-order valence-corrected chi connectivity index (χ3v) is 2.94. The third kappa shape index (κ3) is 0.867. The molecule has 10 heavy (non-hydrogen) atoms. The van der Waals surface area contributed by atoms with Crippen LogP contribution in [-0.2, 0) is 0 Å². The molecule has 3 atom stereocenters. The lowest BCUT2D eigenvalue weighted by molar-refractivity contribution is 0.163. The zero-order chi connectivity index (χ0) is 7.14. The van der Waals surface area contributed by atoms with Crippen molar-refractivity contribution in [1.29, 1.82) is 0 Å². The van der Waals surface area contributed by atoms with Crippen LogP contribution in [-0.4, -0.2) is 11.2 Å². The molecule has 0 aliphatic heterocycles. The zero-order valence-corrected chi connectivity index (χ0v) is 7.08. The zero-order valence-electron chi connectivity index (χ0n) is 5.50. The molecule has 0 amide bonds. The van der Waals surface area contributed by atoms with Gasteiger partial charge in [0, 0.05) is 10.4 Å². The standard InChI is InChI=1S/C8H9BrO/c9-7-4-5-1-2-6(3-5)8(7)10/h1-2,4-6,8,10H,3H2/t5-,6+,8-/m0/s1. The Morgan fingerprint density at radius 2 is 2.30 bits per heavy atom. The minimum absolute atomic E-state index is 0.282. The number of aliphatic hydroxyl groups is 1. The molecule has 0 aromatic carbocycles. The summed E-state index contributed by atoms with van der Waals surface area (Å²) in [5.74, 6) is 0.937. The minimum atomic E-state index is -0.282. The number of halogens is 1. The normalized spacial score (nSPS) is 43.8. The maximum Gasteiger partial charge on any atom is 0.0914 e. The number of rotatable bonds is 0. The second-order valence-corrected chi connectivity index (χ2v) is 3.86. The van der Waals surface area contributed by atoms with E-state index in [0.717, 1.165) is 10.9 Å². The quantitative estimate of drug-likeness (QED) is 0.593. The number of hydrogen-bond acceptors (Lipinski definition) is 1. The highest BCUT2D eigenvalue weighted by Gasteiger charge is 2.30. The molecule has 0 heterocycles. The summed E-state index contributed by atoms with van der Waals surface area (Å²) in [5.41, 5.74) is 0. The molecule has 0 unspecified atom stereocenters. The Hall–Kier alpha value is -0.0800. The lowest BCUT2D eigenvalue weighted by Gasteiger charge is -2.22. The van der Waals surface area contributed by atoms with Crippen LogP contribution in [0.3, 0.4) is 0 Å². The summed E-state index contributed by atoms with van der Waals surface area (Å²) in [4.78, 5) is 0. The van der Waals surface area contributed by atoms with Crippen LogP contribution in [0.15, 0.2) is 22.7 Å². The summed E-state index contributed by atoms with van der Waals surface area (Å²) in [6.45, 7) is 0. The molecular formula is C8H9BrO. The van der Waals surface area contributed by atoms with Crippen molar-refractivity contribution in [2.45, 2.75) is 12.5 Å². The lowest BCUT2D eigenvalue weighted by Crippen LogP contribution is -2.21. The molecule has 0 aromatic heterocycles. The first-order valence-corrected chi connectivity index (χ1v) is 4.30. The monoisotopic (exact) mass is 200 g/mol. The molecule has 0 aromatic rings. The van der Waals surface area contributed by atoms with Gasteiger partial charge >= 0.3 is 0 Å². The molecule has 2 aliphatic rings. The first-order valence-electron chi connectivity index (χ1n) is 3.51. The van der Waals surface area contributed by atoms with Crippen LogP contribution in [0.1, 0.15) is 6.42 Å². The highest BCUT2D eigenvalue weighted by Crippen LogP contribution is 2.37. The van der Waals surface area contributed by atoms with Gasteiger partial charge in [-0.1, -0.05) is 34.2 Å². The molecule has 1 nitrogen and oxygen atoms in total. The van der Waals surface area contributed by atoms with Gasteiger partial charge in [-0.2, -0.15) is 0 Å². The van der Waals surface area contributed by atoms with Crippen molar-refractivity contribution in [2.75, 3.05) is 0 Å². The van der Waals surface area contributed by atoms with E-state index in [4.69, 9.17) is 0 Å². The first-order chi connectivity index (χ1) is 4.77. The van der Waals surface area contributed by atoms with Gasteiger partial charge in [-0.15, -0.1) is 0 Å². The molecule has 2 heteroatoms. The second kappa shape index (κ2) is 2.21. The van der Waals surface area contributed by atoms with E-state index in [0.29, 0.717) is 11.8 Å². The van der Waals surface area contributed by atoms with Gasteiger partial charge < -0.3 is 5.11 Å². The van der Waals surface area contributed by atoms with Crippen LogP contribution < -0.4 is 0 Å². The van der Waals surface area contributed by atoms with E-state index in [1.165, 1.54) is 0 Å². The Labute approximate surface area is 68.6 Å². The van der Waals surface area contributed by atoms with Crippen LogP contribution in [0, 0.1) is 11.8 Å². The van der Waals surface area contributed by atoms with Gasteiger partial charge in [-0.25, -0.2) is 0 Å². The SMILES string of the molecule is O[C@@H]1C(Br)=C[C@H]2C=C[C@@H]1C2. The van der Waals surface area contributed by atoms with Crippen molar-refractivity contribution in [3.8, 4) is 0 Å². The summed E-state index contributed by atoms with van der Waals surface area (Å²) in [6, 6.07) is 0. The van der Waals surface area contributed by atoms with Crippen molar-refractivity contribution >= 4 is 15.9 Å². The molecule has 2 rings (SSSR count). The maximum atomic E-state index is 9.50. The highest BCUT2D eigenvalue weighted by molar-refractivity contribution is 9.11. The maximum absolute atomic E-state index is 9.50. The summed E-state index contributed by atoms with van der Waals surface area (Å²) in [6.07, 6.45) is 7.18. The fourth-order valence-corrected chi connectivity index (χ4v) is 2.30. The van der Waals surface area contributed by atoms with E-state index >= 15 is 0 Å². The Morgan fingerprint density at radius 3 is 3.10 bits per heavy atom. The average Bonchev–Trinajstić information content (AvgIpc) is 2.29. The van der Waals surface area contributed by atoms with E-state index < -0.39 is 0 Å². The molecule has 2 aliphatic carbocycles. The number of hydrogen-bond donors (Lipinski definition) is 1. The van der Waals surface area contributed by atoms with Gasteiger partial charge in [0.2, 0.25) is 0 Å². The summed E-state index contributed by atoms with van der Waals surface area (Å²) in [7, 11) is 0. The Bertz CT molecular complexity index is 207. The van der Waals surface area contributed by atoms with Gasteiger partial charge in [-0.3, -0.25) is 0 Å². The van der Waals surface area contributed by atoms with Gasteiger partial charge in [0.05, 0.1) is 6.10 Å². The largest absolute Gasteiger partial charge is 0.387 e. The Balaban J connectivity index is 2.32. The van der Waals surface area contributed by atoms with Crippen LogP contribution in [0.4, 0.5) is 0 Å². The van der Waals surface area contributed by atoms with E-state index in [1.807, 2.05) is 0 Å². The first kappa shape index (κ1) is 6.62. The van der Waals surface area contributed by atoms with Gasteiger partial charge in [0.15, 0.2) is 0 Å². The fourth-order valence-electron chi connectivity index (χ4n) is 1.62. The van der Waals surface area contributed by atoms with E-state index in [9.17, 15) is 5.11 Å². The molecule has 0 radical (unpaired) electrons. The molecule has 1 N–H and O–H groups in total. The van der Waals surface area contributed by atoms with Crippen molar-refractivity contribution < 1.29 is 5.11 Å². The Kier molecular flexibility index (Phi) is 1.46. The van der Waals surface area contributed by atoms with Gasteiger partial charge in [0.25, 0.3) is 0 Å². The van der Waals surface area contributed by atoms with E-state index in [-0.39, 0.29) is 6.10 Å². The molecular weight excluding hydrogens is 192 g/mol. The lowest BCUT2D eigenvalue weighted by atomic mass is 9.92. The second-order valence-electron chi connectivity index (χ2n) is 2.94. The van der Waals surface area contributed by atoms with Crippen molar-refractivity contribution in [1.82, 2.24) is 0 Å². The molecule has 0 saturated heterocycles. The third-order valence-electron chi connectivity index (χ3n) is 2.21. The predicted octanol–water partition coefficient (Wildman–Crippen LogP) is 1.83. The van der Waals surface area contributed by atoms with Crippen LogP contribution in [0.5, 0.6) is 0 Å². The number of allylic oxidation sites excluding steroid dienone is 2. The van der Waals surface area contributed by atoms with E-state index in [2.05, 4.69) is 34.2 Å². The molecule has 0 fully saturated rings. The fraction of sp³-hybridized carbons (Fsp3) is 0.500. The Morgan fingerprint density at radius 1 is 1.50 bits per heavy atom. The number of aliphatic hydroxyl groups excluding tert-OH is 1. The van der Waals surface area contributed by atoms with Crippen molar-refractivity contribution in [3.05, 3.63) is 22.7 Å². The van der Waals surface area contributed by atoms with Crippen LogP contribution in [0.2, 0.25) is 0 Å². The summed E-state index contributed by atoms with van der Waals surface area (Å²) < 4.78 is 0.957. The molecule has 54 valence electrons. The predicted molar refractivity (Wildman–Crippen MR) is 43.8 cm³/mol. The smallest absolute Gasteiger partial charge is 0.0914 e.